The zero-order valence-corrected chi connectivity index (χ0v) is 13.1. The third kappa shape index (κ3) is 4.63. The Morgan fingerprint density at radius 3 is 2.95 bits per heavy atom. The van der Waals surface area contributed by atoms with Crippen molar-refractivity contribution in [3.8, 4) is 5.75 Å². The van der Waals surface area contributed by atoms with Gasteiger partial charge in [0, 0.05) is 30.9 Å². The summed E-state index contributed by atoms with van der Waals surface area (Å²) in [7, 11) is 1.61. The lowest BCUT2D eigenvalue weighted by molar-refractivity contribution is 0.247. The number of anilines is 1. The number of benzene rings is 1. The molecule has 1 aromatic rings. The Bertz CT molecular complexity index is 476. The van der Waals surface area contributed by atoms with E-state index in [2.05, 4.69) is 29.4 Å². The van der Waals surface area contributed by atoms with Crippen LogP contribution in [-0.2, 0) is 0 Å². The minimum absolute atomic E-state index is 0.161. The smallest absolute Gasteiger partial charge is 0.319 e. The summed E-state index contributed by atoms with van der Waals surface area (Å²) in [6.45, 7) is 7.34. The quantitative estimate of drug-likeness (QED) is 0.876. The fourth-order valence-electron chi connectivity index (χ4n) is 2.61. The van der Waals surface area contributed by atoms with Crippen molar-refractivity contribution in [2.45, 2.75) is 26.3 Å². The van der Waals surface area contributed by atoms with E-state index in [0.717, 1.165) is 37.5 Å². The number of methoxy groups -OCH3 is 1. The highest BCUT2D eigenvalue weighted by Crippen LogP contribution is 2.18. The molecule has 116 valence electrons. The molecule has 1 aliphatic heterocycles. The fourth-order valence-corrected chi connectivity index (χ4v) is 2.61. The van der Waals surface area contributed by atoms with E-state index in [4.69, 9.17) is 4.74 Å². The second-order valence-corrected chi connectivity index (χ2v) is 5.81. The highest BCUT2D eigenvalue weighted by molar-refractivity contribution is 5.89. The second-order valence-electron chi connectivity index (χ2n) is 5.81. The molecule has 0 spiro atoms. The Hall–Kier alpha value is -1.75. The molecular weight excluding hydrogens is 266 g/mol. The third-order valence-electron chi connectivity index (χ3n) is 3.93. The molecule has 1 saturated heterocycles. The minimum atomic E-state index is -0.161. The maximum absolute atomic E-state index is 11.9. The Morgan fingerprint density at radius 1 is 1.48 bits per heavy atom. The Morgan fingerprint density at radius 2 is 2.29 bits per heavy atom. The molecule has 2 N–H and O–H groups in total. The van der Waals surface area contributed by atoms with Gasteiger partial charge in [-0.2, -0.15) is 0 Å². The molecule has 5 nitrogen and oxygen atoms in total. The van der Waals surface area contributed by atoms with Crippen LogP contribution in [0.2, 0.25) is 0 Å². The number of nitrogens with zero attached hydrogens (tertiary/aromatic N) is 1. The normalized spacial score (nSPS) is 18.8. The van der Waals surface area contributed by atoms with E-state index in [1.54, 1.807) is 13.2 Å². The number of carbonyl (C=O) groups excluding carboxylic acids is 1. The van der Waals surface area contributed by atoms with Crippen LogP contribution in [0.4, 0.5) is 10.5 Å². The fraction of sp³-hybridized carbons (Fsp3) is 0.562. The van der Waals surface area contributed by atoms with Crippen LogP contribution in [0.3, 0.4) is 0 Å². The first kappa shape index (κ1) is 15.6. The van der Waals surface area contributed by atoms with Gasteiger partial charge in [0.2, 0.25) is 0 Å². The highest BCUT2D eigenvalue weighted by Gasteiger charge is 2.24. The zero-order valence-electron chi connectivity index (χ0n) is 13.1. The van der Waals surface area contributed by atoms with Crippen LogP contribution in [0.5, 0.6) is 5.75 Å². The summed E-state index contributed by atoms with van der Waals surface area (Å²) in [5.41, 5.74) is 0.738. The number of nitrogens with one attached hydrogen (secondary N) is 2. The van der Waals surface area contributed by atoms with Crippen molar-refractivity contribution in [2.75, 3.05) is 32.1 Å². The monoisotopic (exact) mass is 291 g/mol. The van der Waals surface area contributed by atoms with Crippen molar-refractivity contribution < 1.29 is 9.53 Å². The van der Waals surface area contributed by atoms with Crippen LogP contribution in [0.25, 0.3) is 0 Å². The molecule has 1 atom stereocenters. The van der Waals surface area contributed by atoms with Gasteiger partial charge in [-0.05, 0) is 44.9 Å². The Labute approximate surface area is 126 Å². The van der Waals surface area contributed by atoms with Crippen LogP contribution in [0.15, 0.2) is 24.3 Å². The van der Waals surface area contributed by atoms with E-state index >= 15 is 0 Å². The predicted molar refractivity (Wildman–Crippen MR) is 84.8 cm³/mol. The average Bonchev–Trinajstić information content (AvgIpc) is 2.94. The molecule has 21 heavy (non-hydrogen) atoms. The first-order chi connectivity index (χ1) is 10.1. The molecular formula is C16H25N3O2. The molecule has 0 aliphatic carbocycles. The zero-order chi connectivity index (χ0) is 15.2. The van der Waals surface area contributed by atoms with Gasteiger partial charge in [0.15, 0.2) is 0 Å². The second kappa shape index (κ2) is 7.31. The van der Waals surface area contributed by atoms with Gasteiger partial charge >= 0.3 is 6.03 Å². The van der Waals surface area contributed by atoms with Gasteiger partial charge in [-0.25, -0.2) is 4.79 Å². The average molecular weight is 291 g/mol. The van der Waals surface area contributed by atoms with Crippen molar-refractivity contribution in [2.24, 2.45) is 5.92 Å². The van der Waals surface area contributed by atoms with E-state index in [-0.39, 0.29) is 6.03 Å². The van der Waals surface area contributed by atoms with Gasteiger partial charge < -0.3 is 20.3 Å². The molecule has 2 amide bonds. The first-order valence-electron chi connectivity index (χ1n) is 7.51. The maximum atomic E-state index is 11.9. The molecule has 0 saturated carbocycles. The largest absolute Gasteiger partial charge is 0.497 e. The number of urea groups is 1. The van der Waals surface area contributed by atoms with Crippen LogP contribution < -0.4 is 15.4 Å². The molecule has 1 heterocycles. The summed E-state index contributed by atoms with van der Waals surface area (Å²) in [6.07, 6.45) is 1.15. The minimum Gasteiger partial charge on any atom is -0.497 e. The summed E-state index contributed by atoms with van der Waals surface area (Å²) >= 11 is 0. The van der Waals surface area contributed by atoms with Gasteiger partial charge in [0.1, 0.15) is 5.75 Å². The van der Waals surface area contributed by atoms with Gasteiger partial charge in [-0.15, -0.1) is 0 Å². The molecule has 2 rings (SSSR count). The Kier molecular flexibility index (Phi) is 5.44. The number of likely N-dealkylation sites (tertiary alicyclic amines) is 1. The van der Waals surface area contributed by atoms with Crippen molar-refractivity contribution in [3.05, 3.63) is 24.3 Å². The van der Waals surface area contributed by atoms with Gasteiger partial charge in [-0.1, -0.05) is 6.07 Å². The van der Waals surface area contributed by atoms with Crippen LogP contribution in [-0.4, -0.2) is 43.7 Å². The molecule has 0 bridgehead atoms. The third-order valence-corrected chi connectivity index (χ3v) is 3.93. The molecule has 5 heteroatoms. The molecule has 0 radical (unpaired) electrons. The van der Waals surface area contributed by atoms with Crippen LogP contribution in [0, 0.1) is 5.92 Å². The van der Waals surface area contributed by atoms with E-state index in [9.17, 15) is 4.79 Å². The molecule has 1 aromatic carbocycles. The van der Waals surface area contributed by atoms with E-state index in [1.165, 1.54) is 0 Å². The number of hydrogen-bond acceptors (Lipinski definition) is 3. The Balaban J connectivity index is 1.75. The van der Waals surface area contributed by atoms with E-state index < -0.39 is 0 Å². The first-order valence-corrected chi connectivity index (χ1v) is 7.51. The number of amides is 2. The summed E-state index contributed by atoms with van der Waals surface area (Å²) in [5.74, 6) is 1.28. The summed E-state index contributed by atoms with van der Waals surface area (Å²) in [6, 6.07) is 7.77. The van der Waals surface area contributed by atoms with E-state index in [0.29, 0.717) is 12.0 Å². The van der Waals surface area contributed by atoms with Crippen LogP contribution in [0.1, 0.15) is 20.3 Å². The van der Waals surface area contributed by atoms with Crippen molar-refractivity contribution >= 4 is 11.7 Å². The van der Waals surface area contributed by atoms with Crippen molar-refractivity contribution in [1.82, 2.24) is 10.2 Å². The summed E-state index contributed by atoms with van der Waals surface area (Å²) in [4.78, 5) is 14.4. The SMILES string of the molecule is COc1cccc(NC(=O)NC[C@@H]2CCN(C(C)C)C2)c1. The van der Waals surface area contributed by atoms with Gasteiger partial charge in [0.25, 0.3) is 0 Å². The van der Waals surface area contributed by atoms with Gasteiger partial charge in [0.05, 0.1) is 7.11 Å². The molecule has 0 unspecified atom stereocenters. The number of hydrogen-bond donors (Lipinski definition) is 2. The van der Waals surface area contributed by atoms with E-state index in [1.807, 2.05) is 18.2 Å². The van der Waals surface area contributed by atoms with Crippen molar-refractivity contribution in [1.29, 1.82) is 0 Å². The van der Waals surface area contributed by atoms with Gasteiger partial charge in [-0.3, -0.25) is 0 Å². The lowest BCUT2D eigenvalue weighted by atomic mass is 10.1. The summed E-state index contributed by atoms with van der Waals surface area (Å²) < 4.78 is 5.13. The standard InChI is InChI=1S/C16H25N3O2/c1-12(2)19-8-7-13(11-19)10-17-16(20)18-14-5-4-6-15(9-14)21-3/h4-6,9,12-13H,7-8,10-11H2,1-3H3,(H2,17,18,20)/t13-/m0/s1. The maximum Gasteiger partial charge on any atom is 0.319 e. The molecule has 0 aromatic heterocycles. The lowest BCUT2D eigenvalue weighted by Crippen LogP contribution is -2.35. The highest BCUT2D eigenvalue weighted by atomic mass is 16.5. The topological polar surface area (TPSA) is 53.6 Å². The number of carbonyl (C=O) groups is 1. The molecule has 1 aliphatic rings. The number of rotatable bonds is 5. The lowest BCUT2D eigenvalue weighted by Gasteiger charge is -2.20. The number of ether oxygens (including phenoxy) is 1. The van der Waals surface area contributed by atoms with Crippen LogP contribution >= 0.6 is 0 Å². The van der Waals surface area contributed by atoms with Crippen molar-refractivity contribution in [3.63, 3.8) is 0 Å². The predicted octanol–water partition coefficient (Wildman–Crippen LogP) is 2.55. The summed E-state index contributed by atoms with van der Waals surface area (Å²) in [5, 5.41) is 5.78. The molecule has 1 fully saturated rings.